The molecule has 0 heterocycles. The minimum absolute atomic E-state index is 0.0718. The van der Waals surface area contributed by atoms with Crippen molar-refractivity contribution in [1.29, 1.82) is 0 Å². The predicted octanol–water partition coefficient (Wildman–Crippen LogP) is 6.67. The van der Waals surface area contributed by atoms with Crippen LogP contribution < -0.4 is 4.74 Å². The average molecular weight is 392 g/mol. The fourth-order valence-electron chi connectivity index (χ4n) is 3.37. The van der Waals surface area contributed by atoms with E-state index in [-0.39, 0.29) is 6.04 Å². The van der Waals surface area contributed by atoms with Crippen LogP contribution in [0.25, 0.3) is 0 Å². The van der Waals surface area contributed by atoms with E-state index < -0.39 is 0 Å². The molecule has 4 aromatic carbocycles. The molecule has 1 atom stereocenters. The Labute approximate surface area is 178 Å². The highest BCUT2D eigenvalue weighted by molar-refractivity contribution is 5.80. The summed E-state index contributed by atoms with van der Waals surface area (Å²) in [4.78, 5) is 4.94. The van der Waals surface area contributed by atoms with Gasteiger partial charge in [0.2, 0.25) is 0 Å². The molecule has 2 heteroatoms. The van der Waals surface area contributed by atoms with Crippen LogP contribution in [0.4, 0.5) is 0 Å². The highest BCUT2D eigenvalue weighted by Crippen LogP contribution is 2.23. The molecule has 0 aliphatic rings. The lowest BCUT2D eigenvalue weighted by atomic mass is 9.99. The van der Waals surface area contributed by atoms with Crippen molar-refractivity contribution < 1.29 is 4.74 Å². The van der Waals surface area contributed by atoms with E-state index in [0.717, 1.165) is 23.3 Å². The molecule has 0 amide bonds. The van der Waals surface area contributed by atoms with Crippen molar-refractivity contribution in [1.82, 2.24) is 0 Å². The number of aliphatic imine (C=N–C) groups is 1. The van der Waals surface area contributed by atoms with Gasteiger partial charge in [0.15, 0.2) is 0 Å². The molecule has 2 nitrogen and oxygen atoms in total. The topological polar surface area (TPSA) is 21.6 Å². The lowest BCUT2D eigenvalue weighted by molar-refractivity contribution is 0.306. The molecule has 0 N–H and O–H groups in total. The number of rotatable bonds is 8. The summed E-state index contributed by atoms with van der Waals surface area (Å²) in [6.07, 6.45) is 2.82. The Bertz CT molecular complexity index is 1060. The maximum atomic E-state index is 5.96. The van der Waals surface area contributed by atoms with Crippen LogP contribution in [0.3, 0.4) is 0 Å². The molecule has 0 aliphatic heterocycles. The molecule has 0 aliphatic carbocycles. The molecule has 4 rings (SSSR count). The maximum absolute atomic E-state index is 5.96. The summed E-state index contributed by atoms with van der Waals surface area (Å²) in [6.45, 7) is 0.558. The zero-order valence-corrected chi connectivity index (χ0v) is 16.9. The van der Waals surface area contributed by atoms with Gasteiger partial charge in [0.05, 0.1) is 6.04 Å². The van der Waals surface area contributed by atoms with E-state index in [1.807, 2.05) is 54.7 Å². The highest BCUT2D eigenvalue weighted by Gasteiger charge is 2.10. The van der Waals surface area contributed by atoms with E-state index >= 15 is 0 Å². The summed E-state index contributed by atoms with van der Waals surface area (Å²) >= 11 is 0. The molecule has 0 bridgehead atoms. The molecule has 0 radical (unpaired) electrons. The molecule has 1 unspecified atom stereocenters. The molecule has 0 saturated carbocycles. The number of benzene rings is 4. The Morgan fingerprint density at radius 3 is 2.00 bits per heavy atom. The minimum atomic E-state index is 0.0718. The highest BCUT2D eigenvalue weighted by atomic mass is 16.5. The molecule has 0 saturated heterocycles. The van der Waals surface area contributed by atoms with E-state index in [9.17, 15) is 0 Å². The molecular weight excluding hydrogens is 366 g/mol. The van der Waals surface area contributed by atoms with Gasteiger partial charge in [0.1, 0.15) is 12.4 Å². The van der Waals surface area contributed by atoms with Crippen LogP contribution in [-0.2, 0) is 13.0 Å². The summed E-state index contributed by atoms with van der Waals surface area (Å²) in [5, 5.41) is 0. The van der Waals surface area contributed by atoms with Crippen molar-refractivity contribution in [3.05, 3.63) is 138 Å². The van der Waals surface area contributed by atoms with E-state index in [1.54, 1.807) is 0 Å². The molecule has 0 spiro atoms. The molecular formula is C28H25NO. The van der Waals surface area contributed by atoms with Gasteiger partial charge in [0, 0.05) is 6.21 Å². The van der Waals surface area contributed by atoms with Crippen LogP contribution in [0.2, 0.25) is 0 Å². The summed E-state index contributed by atoms with van der Waals surface area (Å²) in [5.41, 5.74) is 4.69. The normalized spacial score (nSPS) is 12.0. The van der Waals surface area contributed by atoms with Gasteiger partial charge in [-0.05, 0) is 40.8 Å². The first kappa shape index (κ1) is 19.7. The Kier molecular flexibility index (Phi) is 6.70. The SMILES string of the molecule is C(=NC(Cc1ccccc1)c1ccccc1)c1cccc(OCc2ccccc2)c1. The Morgan fingerprint density at radius 2 is 1.30 bits per heavy atom. The Hall–Kier alpha value is -3.65. The van der Waals surface area contributed by atoms with Crippen LogP contribution in [0.5, 0.6) is 5.75 Å². The Balaban J connectivity index is 1.49. The first-order chi connectivity index (χ1) is 14.9. The van der Waals surface area contributed by atoms with Gasteiger partial charge in [-0.25, -0.2) is 0 Å². The standard InChI is InChI=1S/C28H25NO/c1-4-11-23(12-5-1)20-28(26-16-8-3-9-17-26)29-21-25-15-10-18-27(19-25)30-22-24-13-6-2-7-14-24/h1-19,21,28H,20,22H2. The summed E-state index contributed by atoms with van der Waals surface area (Å²) in [5.74, 6) is 0.849. The van der Waals surface area contributed by atoms with Crippen molar-refractivity contribution in [2.75, 3.05) is 0 Å². The largest absolute Gasteiger partial charge is 0.489 e. The molecule has 30 heavy (non-hydrogen) atoms. The summed E-state index contributed by atoms with van der Waals surface area (Å²) < 4.78 is 5.96. The number of ether oxygens (including phenoxy) is 1. The second-order valence-electron chi connectivity index (χ2n) is 7.24. The number of hydrogen-bond acceptors (Lipinski definition) is 2. The quantitative estimate of drug-likeness (QED) is 0.307. The maximum Gasteiger partial charge on any atom is 0.120 e. The fraction of sp³-hybridized carbons (Fsp3) is 0.107. The second-order valence-corrected chi connectivity index (χ2v) is 7.24. The van der Waals surface area contributed by atoms with E-state index in [0.29, 0.717) is 6.61 Å². The van der Waals surface area contributed by atoms with Gasteiger partial charge < -0.3 is 4.74 Å². The van der Waals surface area contributed by atoms with Gasteiger partial charge in [-0.15, -0.1) is 0 Å². The second kappa shape index (κ2) is 10.2. The third-order valence-corrected chi connectivity index (χ3v) is 4.97. The van der Waals surface area contributed by atoms with Crippen molar-refractivity contribution in [3.63, 3.8) is 0 Å². The smallest absolute Gasteiger partial charge is 0.120 e. The van der Waals surface area contributed by atoms with Gasteiger partial charge in [0.25, 0.3) is 0 Å². The van der Waals surface area contributed by atoms with Crippen LogP contribution in [0, 0.1) is 0 Å². The first-order valence-corrected chi connectivity index (χ1v) is 10.3. The van der Waals surface area contributed by atoms with E-state index in [1.165, 1.54) is 11.1 Å². The fourth-order valence-corrected chi connectivity index (χ4v) is 3.37. The zero-order valence-electron chi connectivity index (χ0n) is 16.9. The van der Waals surface area contributed by atoms with E-state index in [2.05, 4.69) is 66.7 Å². The molecule has 0 fully saturated rings. The summed E-state index contributed by atoms with van der Waals surface area (Å²) in [7, 11) is 0. The number of hydrogen-bond donors (Lipinski definition) is 0. The lowest BCUT2D eigenvalue weighted by Crippen LogP contribution is -2.01. The third kappa shape index (κ3) is 5.68. The average Bonchev–Trinajstić information content (AvgIpc) is 2.82. The van der Waals surface area contributed by atoms with Crippen LogP contribution in [0.1, 0.15) is 28.3 Å². The van der Waals surface area contributed by atoms with Crippen molar-refractivity contribution in [2.45, 2.75) is 19.1 Å². The Morgan fingerprint density at radius 1 is 0.667 bits per heavy atom. The van der Waals surface area contributed by atoms with Crippen molar-refractivity contribution >= 4 is 6.21 Å². The van der Waals surface area contributed by atoms with Crippen molar-refractivity contribution in [3.8, 4) is 5.75 Å². The van der Waals surface area contributed by atoms with Gasteiger partial charge in [-0.3, -0.25) is 4.99 Å². The monoisotopic (exact) mass is 391 g/mol. The molecule has 148 valence electrons. The van der Waals surface area contributed by atoms with Crippen LogP contribution >= 0.6 is 0 Å². The van der Waals surface area contributed by atoms with Gasteiger partial charge in [-0.2, -0.15) is 0 Å². The van der Waals surface area contributed by atoms with E-state index in [4.69, 9.17) is 9.73 Å². The number of nitrogens with zero attached hydrogens (tertiary/aromatic N) is 1. The van der Waals surface area contributed by atoms with Gasteiger partial charge >= 0.3 is 0 Å². The van der Waals surface area contributed by atoms with Gasteiger partial charge in [-0.1, -0.05) is 103 Å². The molecule has 4 aromatic rings. The molecule has 0 aromatic heterocycles. The lowest BCUT2D eigenvalue weighted by Gasteiger charge is -2.13. The van der Waals surface area contributed by atoms with Crippen molar-refractivity contribution in [2.24, 2.45) is 4.99 Å². The zero-order chi connectivity index (χ0) is 20.4. The summed E-state index contributed by atoms with van der Waals surface area (Å²) in [6, 6.07) is 39.4. The first-order valence-electron chi connectivity index (χ1n) is 10.3. The van der Waals surface area contributed by atoms with Crippen LogP contribution in [0.15, 0.2) is 120 Å². The van der Waals surface area contributed by atoms with Crippen LogP contribution in [-0.4, -0.2) is 6.21 Å². The minimum Gasteiger partial charge on any atom is -0.489 e. The predicted molar refractivity (Wildman–Crippen MR) is 124 cm³/mol. The third-order valence-electron chi connectivity index (χ3n) is 4.97.